The van der Waals surface area contributed by atoms with Gasteiger partial charge >= 0.3 is 0 Å². The number of nitrogens with one attached hydrogen (secondary N) is 1. The number of fused-ring (bicyclic) bond motifs is 3. The van der Waals surface area contributed by atoms with Crippen LogP contribution >= 0.6 is 0 Å². The molecule has 5 nitrogen and oxygen atoms in total. The topological polar surface area (TPSA) is 57.6 Å². The number of aryl methyl sites for hydroxylation is 2. The molecule has 5 rings (SSSR count). The molecule has 1 aromatic heterocycles. The van der Waals surface area contributed by atoms with Crippen molar-refractivity contribution in [2.45, 2.75) is 76.9 Å². The van der Waals surface area contributed by atoms with Crippen LogP contribution in [0.2, 0.25) is 0 Å². The Kier molecular flexibility index (Phi) is 5.83. The summed E-state index contributed by atoms with van der Waals surface area (Å²) in [5, 5.41) is 14.6. The standard InChI is InChI=1S/C25H35N3O2/c1-17-13-22-20-7-2-3-8-21(20)25(26-18-14-19(29)15-18)27-23(22)16-24(17)30-12-6-11-28-9-4-5-10-28/h13,16,18-19,29H,2-12,14-15H2,1H3,(H,26,27). The van der Waals surface area contributed by atoms with Crippen LogP contribution in [0.25, 0.3) is 10.9 Å². The molecule has 2 aromatic rings. The molecule has 0 spiro atoms. The number of aliphatic hydroxyl groups is 1. The number of ether oxygens (including phenoxy) is 1. The Bertz CT molecular complexity index is 901. The number of hydrogen-bond donors (Lipinski definition) is 2. The lowest BCUT2D eigenvalue weighted by atomic mass is 9.86. The first-order valence-electron chi connectivity index (χ1n) is 11.9. The number of hydrogen-bond acceptors (Lipinski definition) is 5. The normalized spacial score (nSPS) is 23.9. The van der Waals surface area contributed by atoms with Crippen LogP contribution in [-0.2, 0) is 12.8 Å². The molecule has 0 atom stereocenters. The maximum Gasteiger partial charge on any atom is 0.130 e. The summed E-state index contributed by atoms with van der Waals surface area (Å²) < 4.78 is 6.20. The molecule has 0 bridgehead atoms. The van der Waals surface area contributed by atoms with E-state index in [4.69, 9.17) is 9.72 Å². The summed E-state index contributed by atoms with van der Waals surface area (Å²) in [6, 6.07) is 4.79. The highest BCUT2D eigenvalue weighted by molar-refractivity contribution is 5.88. The third-order valence-corrected chi connectivity index (χ3v) is 7.13. The number of benzene rings is 1. The minimum absolute atomic E-state index is 0.151. The van der Waals surface area contributed by atoms with Gasteiger partial charge < -0.3 is 20.1 Å². The second-order valence-corrected chi connectivity index (χ2v) is 9.48. The minimum atomic E-state index is -0.151. The summed E-state index contributed by atoms with van der Waals surface area (Å²) >= 11 is 0. The van der Waals surface area contributed by atoms with Crippen molar-refractivity contribution in [3.63, 3.8) is 0 Å². The average Bonchev–Trinajstić information content (AvgIpc) is 3.24. The van der Waals surface area contributed by atoms with E-state index in [2.05, 4.69) is 29.3 Å². The van der Waals surface area contributed by atoms with Crippen LogP contribution < -0.4 is 10.1 Å². The predicted molar refractivity (Wildman–Crippen MR) is 122 cm³/mol. The zero-order chi connectivity index (χ0) is 20.5. The van der Waals surface area contributed by atoms with Gasteiger partial charge in [-0.3, -0.25) is 0 Å². The average molecular weight is 410 g/mol. The molecule has 30 heavy (non-hydrogen) atoms. The van der Waals surface area contributed by atoms with Gasteiger partial charge in [0.1, 0.15) is 11.6 Å². The van der Waals surface area contributed by atoms with Crippen LogP contribution in [-0.4, -0.2) is 53.4 Å². The van der Waals surface area contributed by atoms with E-state index in [1.807, 2.05) is 0 Å². The summed E-state index contributed by atoms with van der Waals surface area (Å²) in [7, 11) is 0. The van der Waals surface area contributed by atoms with Crippen LogP contribution in [0.15, 0.2) is 12.1 Å². The molecule has 2 N–H and O–H groups in total. The Hall–Kier alpha value is -1.85. The van der Waals surface area contributed by atoms with Crippen LogP contribution in [0.3, 0.4) is 0 Å². The summed E-state index contributed by atoms with van der Waals surface area (Å²) in [4.78, 5) is 7.59. The molecular formula is C25H35N3O2. The Labute approximate surface area is 179 Å². The van der Waals surface area contributed by atoms with Crippen LogP contribution in [0.1, 0.15) is 61.6 Å². The van der Waals surface area contributed by atoms with Crippen molar-refractivity contribution >= 4 is 16.7 Å². The molecule has 2 fully saturated rings. The number of nitrogens with zero attached hydrogens (tertiary/aromatic N) is 2. The van der Waals surface area contributed by atoms with Crippen LogP contribution in [0.5, 0.6) is 5.75 Å². The largest absolute Gasteiger partial charge is 0.493 e. The summed E-state index contributed by atoms with van der Waals surface area (Å²) in [6.07, 6.45) is 9.99. The molecule has 1 aliphatic heterocycles. The molecule has 3 aliphatic rings. The lowest BCUT2D eigenvalue weighted by molar-refractivity contribution is 0.0835. The van der Waals surface area contributed by atoms with Crippen molar-refractivity contribution in [1.29, 1.82) is 0 Å². The van der Waals surface area contributed by atoms with E-state index in [1.54, 1.807) is 0 Å². The predicted octanol–water partition coefficient (Wildman–Crippen LogP) is 4.22. The van der Waals surface area contributed by atoms with E-state index >= 15 is 0 Å². The van der Waals surface area contributed by atoms with Gasteiger partial charge in [-0.15, -0.1) is 0 Å². The van der Waals surface area contributed by atoms with Crippen molar-refractivity contribution in [2.24, 2.45) is 0 Å². The molecule has 0 amide bonds. The van der Waals surface area contributed by atoms with E-state index in [9.17, 15) is 5.11 Å². The van der Waals surface area contributed by atoms with Gasteiger partial charge in [-0.2, -0.15) is 0 Å². The van der Waals surface area contributed by atoms with E-state index in [0.717, 1.165) is 62.3 Å². The fourth-order valence-corrected chi connectivity index (χ4v) is 5.31. The molecule has 162 valence electrons. The van der Waals surface area contributed by atoms with Gasteiger partial charge in [0.25, 0.3) is 0 Å². The Morgan fingerprint density at radius 2 is 1.87 bits per heavy atom. The molecule has 1 aromatic carbocycles. The molecule has 0 unspecified atom stereocenters. The summed E-state index contributed by atoms with van der Waals surface area (Å²) in [6.45, 7) is 6.56. The first kappa shape index (κ1) is 20.1. The lowest BCUT2D eigenvalue weighted by Crippen LogP contribution is -2.39. The van der Waals surface area contributed by atoms with E-state index in [-0.39, 0.29) is 6.10 Å². The lowest BCUT2D eigenvalue weighted by Gasteiger charge is -2.34. The fourth-order valence-electron chi connectivity index (χ4n) is 5.31. The number of anilines is 1. The quantitative estimate of drug-likeness (QED) is 0.671. The number of rotatable bonds is 7. The summed E-state index contributed by atoms with van der Waals surface area (Å²) in [5.74, 6) is 2.01. The highest BCUT2D eigenvalue weighted by Gasteiger charge is 2.29. The molecule has 5 heteroatoms. The first-order valence-corrected chi connectivity index (χ1v) is 11.9. The molecule has 0 radical (unpaired) electrons. The second-order valence-electron chi connectivity index (χ2n) is 9.48. The summed E-state index contributed by atoms with van der Waals surface area (Å²) in [5.41, 5.74) is 5.12. The van der Waals surface area contributed by atoms with E-state index in [0.29, 0.717) is 6.04 Å². The molecule has 2 heterocycles. The molecular weight excluding hydrogens is 374 g/mol. The maximum absolute atomic E-state index is 9.67. The van der Waals surface area contributed by atoms with E-state index in [1.165, 1.54) is 60.8 Å². The van der Waals surface area contributed by atoms with Gasteiger partial charge in [0.2, 0.25) is 0 Å². The van der Waals surface area contributed by atoms with Gasteiger partial charge in [0.05, 0.1) is 18.2 Å². The van der Waals surface area contributed by atoms with Crippen LogP contribution in [0, 0.1) is 6.92 Å². The van der Waals surface area contributed by atoms with Crippen LogP contribution in [0.4, 0.5) is 5.82 Å². The van der Waals surface area contributed by atoms with Gasteiger partial charge in [-0.25, -0.2) is 4.98 Å². The molecule has 1 saturated heterocycles. The minimum Gasteiger partial charge on any atom is -0.493 e. The van der Waals surface area contributed by atoms with Gasteiger partial charge in [-0.05, 0) is 101 Å². The number of aromatic nitrogens is 1. The SMILES string of the molecule is Cc1cc2c3c(c(NC4CC(O)C4)nc2cc1OCCCN1CCCC1)CCCC3. The van der Waals surface area contributed by atoms with Crippen molar-refractivity contribution in [1.82, 2.24) is 9.88 Å². The van der Waals surface area contributed by atoms with Crippen molar-refractivity contribution in [3.05, 3.63) is 28.8 Å². The van der Waals surface area contributed by atoms with Crippen molar-refractivity contribution in [3.8, 4) is 5.75 Å². The highest BCUT2D eigenvalue weighted by atomic mass is 16.5. The Morgan fingerprint density at radius 3 is 2.63 bits per heavy atom. The Morgan fingerprint density at radius 1 is 1.10 bits per heavy atom. The van der Waals surface area contributed by atoms with Crippen molar-refractivity contribution in [2.75, 3.05) is 31.6 Å². The van der Waals surface area contributed by atoms with Gasteiger partial charge in [0, 0.05) is 24.0 Å². The third kappa shape index (κ3) is 4.15. The van der Waals surface area contributed by atoms with Crippen molar-refractivity contribution < 1.29 is 9.84 Å². The number of pyridine rings is 1. The fraction of sp³-hybridized carbons (Fsp3) is 0.640. The monoisotopic (exact) mass is 409 g/mol. The smallest absolute Gasteiger partial charge is 0.130 e. The van der Waals surface area contributed by atoms with Gasteiger partial charge in [0.15, 0.2) is 0 Å². The van der Waals surface area contributed by atoms with Gasteiger partial charge in [-0.1, -0.05) is 0 Å². The zero-order valence-electron chi connectivity index (χ0n) is 18.3. The zero-order valence-corrected chi connectivity index (χ0v) is 18.3. The number of likely N-dealkylation sites (tertiary alicyclic amines) is 1. The highest BCUT2D eigenvalue weighted by Crippen LogP contribution is 2.37. The Balaban J connectivity index is 1.36. The third-order valence-electron chi connectivity index (χ3n) is 7.13. The second kappa shape index (κ2) is 8.72. The maximum atomic E-state index is 9.67. The first-order chi connectivity index (χ1) is 14.7. The van der Waals surface area contributed by atoms with E-state index < -0.39 is 0 Å². The molecule has 1 saturated carbocycles. The molecule has 2 aliphatic carbocycles. The number of aliphatic hydroxyl groups excluding tert-OH is 1.